The van der Waals surface area contributed by atoms with Crippen LogP contribution in [0.4, 0.5) is 40.8 Å². The zero-order valence-electron chi connectivity index (χ0n) is 21.3. The molecule has 0 radical (unpaired) electrons. The highest BCUT2D eigenvalue weighted by molar-refractivity contribution is 5.98. The molecule has 2 aromatic heterocycles. The largest absolute Gasteiger partial charge is 0.342 e. The molecule has 0 fully saturated rings. The van der Waals surface area contributed by atoms with Crippen LogP contribution in [0.2, 0.25) is 0 Å². The molecule has 0 spiro atoms. The van der Waals surface area contributed by atoms with Gasteiger partial charge in [0.15, 0.2) is 23.3 Å². The Morgan fingerprint density at radius 3 is 1.60 bits per heavy atom. The molecule has 2 atom stereocenters. The van der Waals surface area contributed by atoms with Crippen LogP contribution in [0.25, 0.3) is 0 Å². The van der Waals surface area contributed by atoms with E-state index in [0.29, 0.717) is 0 Å². The molecule has 2 unspecified atom stereocenters. The standard InChI is InChI=1S/C26H17F8N7O2/c27-17-13(18(28)22(32)40-21(17)31)5-2-10-1-4-12(38-26(43)16(9-36)39-25(42)15(37)8-35)7-11(10)3-6-14-19(29)23(33)41-24(34)20(14)30/h1,4,7,15-16H,8-9,35-37H2,(H,38,43)(H,39,42). The summed E-state index contributed by atoms with van der Waals surface area (Å²) in [4.78, 5) is 29.5. The van der Waals surface area contributed by atoms with E-state index in [2.05, 4.69) is 32.4 Å². The maximum absolute atomic E-state index is 14.1. The Bertz CT molecular complexity index is 1680. The Hall–Kier alpha value is -5.10. The van der Waals surface area contributed by atoms with E-state index in [1.54, 1.807) is 0 Å². The van der Waals surface area contributed by atoms with Gasteiger partial charge in [0, 0.05) is 29.9 Å². The van der Waals surface area contributed by atoms with Crippen molar-refractivity contribution in [2.75, 3.05) is 18.4 Å². The SMILES string of the molecule is NCC(N)C(=O)NC(CN)C(=O)Nc1ccc(C#Cc2c(F)c(F)nc(F)c2F)c(C#Cc2c(F)c(F)nc(F)c2F)c1. The fourth-order valence-corrected chi connectivity index (χ4v) is 3.13. The molecule has 3 rings (SSSR count). The van der Waals surface area contributed by atoms with Crippen molar-refractivity contribution < 1.29 is 44.7 Å². The molecule has 9 nitrogen and oxygen atoms in total. The molecule has 0 saturated carbocycles. The molecule has 17 heteroatoms. The minimum Gasteiger partial charge on any atom is -0.342 e. The Kier molecular flexibility index (Phi) is 10.3. The van der Waals surface area contributed by atoms with Gasteiger partial charge in [0.2, 0.25) is 11.8 Å². The summed E-state index contributed by atoms with van der Waals surface area (Å²) in [5.74, 6) is -9.49. The third kappa shape index (κ3) is 7.41. The minimum atomic E-state index is -2.01. The van der Waals surface area contributed by atoms with Crippen molar-refractivity contribution in [2.24, 2.45) is 17.2 Å². The van der Waals surface area contributed by atoms with Crippen LogP contribution in [0.1, 0.15) is 22.3 Å². The molecular weight excluding hydrogens is 594 g/mol. The molecule has 224 valence electrons. The number of benzene rings is 1. The van der Waals surface area contributed by atoms with Gasteiger partial charge >= 0.3 is 0 Å². The molecule has 8 N–H and O–H groups in total. The normalized spacial score (nSPS) is 11.9. The summed E-state index contributed by atoms with van der Waals surface area (Å²) in [5.41, 5.74) is 12.8. The van der Waals surface area contributed by atoms with E-state index in [4.69, 9.17) is 17.2 Å². The lowest BCUT2D eigenvalue weighted by Gasteiger charge is -2.19. The Morgan fingerprint density at radius 2 is 1.16 bits per heavy atom. The van der Waals surface area contributed by atoms with E-state index >= 15 is 0 Å². The van der Waals surface area contributed by atoms with E-state index in [1.165, 1.54) is 0 Å². The van der Waals surface area contributed by atoms with Gasteiger partial charge in [0.25, 0.3) is 23.8 Å². The van der Waals surface area contributed by atoms with E-state index in [1.807, 2.05) is 11.8 Å². The lowest BCUT2D eigenvalue weighted by Crippen LogP contribution is -2.54. The van der Waals surface area contributed by atoms with E-state index in [-0.39, 0.29) is 23.4 Å². The predicted octanol–water partition coefficient (Wildman–Crippen LogP) is 1.06. The maximum Gasteiger partial charge on any atom is 0.253 e. The molecule has 0 aliphatic heterocycles. The van der Waals surface area contributed by atoms with Gasteiger partial charge < -0.3 is 27.8 Å². The number of aromatic nitrogens is 2. The predicted molar refractivity (Wildman–Crippen MR) is 133 cm³/mol. The van der Waals surface area contributed by atoms with Gasteiger partial charge in [0.1, 0.15) is 17.2 Å². The first-order chi connectivity index (χ1) is 20.3. The second-order valence-corrected chi connectivity index (χ2v) is 8.28. The summed E-state index contributed by atoms with van der Waals surface area (Å²) in [6, 6.07) is 0.716. The van der Waals surface area contributed by atoms with E-state index in [9.17, 15) is 44.7 Å². The van der Waals surface area contributed by atoms with Crippen molar-refractivity contribution in [3.63, 3.8) is 0 Å². The van der Waals surface area contributed by atoms with Crippen LogP contribution in [0.3, 0.4) is 0 Å². The fraction of sp³-hybridized carbons (Fsp3) is 0.154. The smallest absolute Gasteiger partial charge is 0.253 e. The quantitative estimate of drug-likeness (QED) is 0.158. The number of rotatable bonds is 6. The number of hydrogen-bond acceptors (Lipinski definition) is 7. The number of nitrogens with zero attached hydrogens (tertiary/aromatic N) is 2. The zero-order valence-corrected chi connectivity index (χ0v) is 21.3. The number of pyridine rings is 2. The lowest BCUT2D eigenvalue weighted by atomic mass is 10.1. The van der Waals surface area contributed by atoms with Crippen LogP contribution in [0.15, 0.2) is 18.2 Å². The van der Waals surface area contributed by atoms with Gasteiger partial charge in [-0.15, -0.1) is 0 Å². The number of carbonyl (C=O) groups is 2. The number of anilines is 1. The highest BCUT2D eigenvalue weighted by Crippen LogP contribution is 2.20. The van der Waals surface area contributed by atoms with Crippen molar-refractivity contribution in [3.8, 4) is 23.7 Å². The highest BCUT2D eigenvalue weighted by Gasteiger charge is 2.23. The van der Waals surface area contributed by atoms with Crippen LogP contribution in [-0.4, -0.2) is 47.0 Å². The van der Waals surface area contributed by atoms with Crippen molar-refractivity contribution in [3.05, 3.63) is 87.5 Å². The molecule has 0 aliphatic rings. The summed E-state index contributed by atoms with van der Waals surface area (Å²) in [6.45, 7) is -0.646. The molecule has 3 aromatic rings. The molecule has 0 aliphatic carbocycles. The number of nitrogens with one attached hydrogen (secondary N) is 2. The Morgan fingerprint density at radius 1 is 0.698 bits per heavy atom. The van der Waals surface area contributed by atoms with Gasteiger partial charge in [-0.1, -0.05) is 23.7 Å². The number of halogens is 8. The van der Waals surface area contributed by atoms with Crippen molar-refractivity contribution in [1.29, 1.82) is 0 Å². The van der Waals surface area contributed by atoms with Crippen LogP contribution < -0.4 is 27.8 Å². The number of nitrogens with two attached hydrogens (primary N) is 3. The van der Waals surface area contributed by atoms with Crippen LogP contribution in [-0.2, 0) is 9.59 Å². The first-order valence-corrected chi connectivity index (χ1v) is 11.6. The first-order valence-electron chi connectivity index (χ1n) is 11.6. The zero-order chi connectivity index (χ0) is 32.0. The van der Waals surface area contributed by atoms with Gasteiger partial charge in [-0.25, -0.2) is 17.6 Å². The number of amides is 2. The van der Waals surface area contributed by atoms with E-state index in [0.717, 1.165) is 18.2 Å². The second-order valence-electron chi connectivity index (χ2n) is 8.28. The summed E-state index contributed by atoms with van der Waals surface area (Å²) in [7, 11) is 0. The van der Waals surface area contributed by atoms with Crippen molar-refractivity contribution in [2.45, 2.75) is 12.1 Å². The first kappa shape index (κ1) is 32.4. The topological polar surface area (TPSA) is 162 Å². The van der Waals surface area contributed by atoms with Crippen LogP contribution in [0, 0.1) is 70.7 Å². The number of carbonyl (C=O) groups excluding carboxylic acids is 2. The molecule has 0 bridgehead atoms. The van der Waals surface area contributed by atoms with E-state index < -0.39 is 88.6 Å². The molecule has 0 saturated heterocycles. The summed E-state index contributed by atoms with van der Waals surface area (Å²) < 4.78 is 110. The monoisotopic (exact) mass is 611 g/mol. The molecule has 2 amide bonds. The molecule has 2 heterocycles. The lowest BCUT2D eigenvalue weighted by molar-refractivity contribution is -0.127. The fourth-order valence-electron chi connectivity index (χ4n) is 3.13. The summed E-state index contributed by atoms with van der Waals surface area (Å²) >= 11 is 0. The van der Waals surface area contributed by atoms with Gasteiger partial charge in [-0.3, -0.25) is 9.59 Å². The molecule has 43 heavy (non-hydrogen) atoms. The highest BCUT2D eigenvalue weighted by atomic mass is 19.2. The Balaban J connectivity index is 2.10. The molecular formula is C26H17F8N7O2. The maximum atomic E-state index is 14.1. The van der Waals surface area contributed by atoms with Crippen molar-refractivity contribution in [1.82, 2.24) is 15.3 Å². The van der Waals surface area contributed by atoms with Gasteiger partial charge in [-0.2, -0.15) is 27.5 Å². The molecule has 1 aromatic carbocycles. The van der Waals surface area contributed by atoms with Gasteiger partial charge in [-0.05, 0) is 18.2 Å². The third-order valence-corrected chi connectivity index (χ3v) is 5.39. The second kappa shape index (κ2) is 13.7. The van der Waals surface area contributed by atoms with Crippen LogP contribution >= 0.6 is 0 Å². The number of hydrogen-bond donors (Lipinski definition) is 5. The summed E-state index contributed by atoms with van der Waals surface area (Å²) in [5, 5.41) is 4.60. The average Bonchev–Trinajstić information content (AvgIpc) is 2.97. The average molecular weight is 611 g/mol. The van der Waals surface area contributed by atoms with Crippen LogP contribution in [0.5, 0.6) is 0 Å². The minimum absolute atomic E-state index is 0.123. The van der Waals surface area contributed by atoms with Crippen molar-refractivity contribution >= 4 is 17.5 Å². The van der Waals surface area contributed by atoms with Gasteiger partial charge in [0.05, 0.1) is 6.04 Å². The summed E-state index contributed by atoms with van der Waals surface area (Å²) in [6.07, 6.45) is 0. The Labute approximate surface area is 236 Å². The third-order valence-electron chi connectivity index (χ3n) is 5.39.